The maximum absolute atomic E-state index is 12.4. The largest absolute Gasteiger partial charge is 0.465 e. The van der Waals surface area contributed by atoms with Crippen molar-refractivity contribution in [2.45, 2.75) is 53.4 Å². The number of hydrogen-bond acceptors (Lipinski definition) is 4. The van der Waals surface area contributed by atoms with Crippen LogP contribution in [0.15, 0.2) is 34.9 Å². The number of hydrogen-bond donors (Lipinski definition) is 0. The van der Waals surface area contributed by atoms with Gasteiger partial charge in [-0.25, -0.2) is 4.79 Å². The Morgan fingerprint density at radius 2 is 1.57 bits per heavy atom. The Morgan fingerprint density at radius 1 is 0.957 bits per heavy atom. The van der Waals surface area contributed by atoms with Gasteiger partial charge in [-0.2, -0.15) is 0 Å². The minimum absolute atomic E-state index is 0.355. The summed E-state index contributed by atoms with van der Waals surface area (Å²) in [5, 5.41) is 0. The van der Waals surface area contributed by atoms with E-state index in [1.54, 1.807) is 12.2 Å². The maximum Gasteiger partial charge on any atom is 0.335 e. The Bertz CT molecular complexity index is 511. The van der Waals surface area contributed by atoms with Crippen molar-refractivity contribution in [1.29, 1.82) is 0 Å². The van der Waals surface area contributed by atoms with Crippen LogP contribution >= 0.6 is 0 Å². The van der Waals surface area contributed by atoms with Crippen LogP contribution in [-0.4, -0.2) is 25.2 Å². The molecule has 0 heterocycles. The molecule has 1 aliphatic rings. The van der Waals surface area contributed by atoms with E-state index in [4.69, 9.17) is 9.47 Å². The maximum atomic E-state index is 12.4. The normalized spacial score (nSPS) is 17.6. The molecular formula is C19H28O4. The molecule has 0 aliphatic heterocycles. The van der Waals surface area contributed by atoms with Crippen molar-refractivity contribution >= 4 is 11.9 Å². The number of esters is 2. The van der Waals surface area contributed by atoms with E-state index in [0.29, 0.717) is 18.8 Å². The van der Waals surface area contributed by atoms with Crippen LogP contribution in [0.1, 0.15) is 53.4 Å². The van der Waals surface area contributed by atoms with Gasteiger partial charge in [0.15, 0.2) is 0 Å². The molecule has 0 spiro atoms. The highest BCUT2D eigenvalue weighted by molar-refractivity contribution is 5.97. The van der Waals surface area contributed by atoms with E-state index >= 15 is 0 Å². The van der Waals surface area contributed by atoms with Gasteiger partial charge >= 0.3 is 11.9 Å². The van der Waals surface area contributed by atoms with E-state index in [9.17, 15) is 9.59 Å². The minimum atomic E-state index is -0.699. The highest BCUT2D eigenvalue weighted by atomic mass is 16.5. The lowest BCUT2D eigenvalue weighted by Gasteiger charge is -2.15. The second-order valence-electron chi connectivity index (χ2n) is 5.89. The molecule has 1 aliphatic carbocycles. The molecule has 0 aromatic heterocycles. The van der Waals surface area contributed by atoms with Crippen LogP contribution < -0.4 is 0 Å². The smallest absolute Gasteiger partial charge is 0.335 e. The first-order valence-corrected chi connectivity index (χ1v) is 8.41. The van der Waals surface area contributed by atoms with Crippen LogP contribution in [0.4, 0.5) is 0 Å². The van der Waals surface area contributed by atoms with Crippen LogP contribution in [-0.2, 0) is 19.1 Å². The molecule has 1 atom stereocenters. The van der Waals surface area contributed by atoms with E-state index in [0.717, 1.165) is 36.8 Å². The van der Waals surface area contributed by atoms with Gasteiger partial charge in [-0.05, 0) is 32.8 Å². The third-order valence-electron chi connectivity index (χ3n) is 3.57. The Morgan fingerprint density at radius 3 is 2.17 bits per heavy atom. The standard InChI is InChI=1S/C19H28O4/c1-5-7-9-22-18(20)16-12-14(3)11-15(4)13-17(16)19(21)23-10-8-6-2/h11-13,16H,5-10H2,1-4H3. The minimum Gasteiger partial charge on any atom is -0.465 e. The van der Waals surface area contributed by atoms with Crippen molar-refractivity contribution in [2.24, 2.45) is 5.92 Å². The molecule has 0 N–H and O–H groups in total. The molecule has 0 saturated carbocycles. The summed E-state index contributed by atoms with van der Waals surface area (Å²) in [6.45, 7) is 8.63. The van der Waals surface area contributed by atoms with E-state index in [1.807, 2.05) is 33.8 Å². The summed E-state index contributed by atoms with van der Waals surface area (Å²) in [6.07, 6.45) is 8.98. The van der Waals surface area contributed by atoms with Crippen LogP contribution in [0.3, 0.4) is 0 Å². The SMILES string of the molecule is CCCCOC(=O)C1=CC(C)=CC(C)=CC1C(=O)OCCCC. The molecule has 1 rings (SSSR count). The predicted molar refractivity (Wildman–Crippen MR) is 90.8 cm³/mol. The van der Waals surface area contributed by atoms with Crippen molar-refractivity contribution in [2.75, 3.05) is 13.2 Å². The van der Waals surface area contributed by atoms with E-state index in [1.165, 1.54) is 0 Å². The van der Waals surface area contributed by atoms with Crippen LogP contribution in [0.5, 0.6) is 0 Å². The van der Waals surface area contributed by atoms with Gasteiger partial charge in [0.05, 0.1) is 18.8 Å². The third-order valence-corrected chi connectivity index (χ3v) is 3.57. The Kier molecular flexibility index (Phi) is 8.38. The Hall–Kier alpha value is -1.84. The van der Waals surface area contributed by atoms with Crippen molar-refractivity contribution < 1.29 is 19.1 Å². The average Bonchev–Trinajstić information content (AvgIpc) is 2.65. The molecule has 0 aromatic carbocycles. The predicted octanol–water partition coefficient (Wildman–Crippen LogP) is 4.12. The van der Waals surface area contributed by atoms with Gasteiger partial charge in [0.25, 0.3) is 0 Å². The number of unbranched alkanes of at least 4 members (excludes halogenated alkanes) is 2. The summed E-state index contributed by atoms with van der Waals surface area (Å²) in [5.41, 5.74) is 2.21. The van der Waals surface area contributed by atoms with Gasteiger partial charge in [-0.3, -0.25) is 4.79 Å². The van der Waals surface area contributed by atoms with E-state index in [2.05, 4.69) is 0 Å². The number of allylic oxidation sites excluding steroid dienone is 4. The van der Waals surface area contributed by atoms with E-state index in [-0.39, 0.29) is 5.97 Å². The molecule has 0 fully saturated rings. The number of carbonyl (C=O) groups excluding carboxylic acids is 2. The summed E-state index contributed by atoms with van der Waals surface area (Å²) >= 11 is 0. The highest BCUT2D eigenvalue weighted by Gasteiger charge is 2.29. The molecular weight excluding hydrogens is 292 g/mol. The Labute approximate surface area is 139 Å². The van der Waals surface area contributed by atoms with Gasteiger partial charge < -0.3 is 9.47 Å². The van der Waals surface area contributed by atoms with Crippen molar-refractivity contribution in [3.05, 3.63) is 34.9 Å². The lowest BCUT2D eigenvalue weighted by atomic mass is 9.97. The molecule has 0 amide bonds. The first kappa shape index (κ1) is 19.2. The second kappa shape index (κ2) is 10.0. The quantitative estimate of drug-likeness (QED) is 0.498. The molecule has 0 aromatic rings. The first-order chi connectivity index (χ1) is 11.0. The molecule has 4 heteroatoms. The fourth-order valence-corrected chi connectivity index (χ4v) is 2.32. The summed E-state index contributed by atoms with van der Waals surface area (Å²) in [4.78, 5) is 24.8. The zero-order chi connectivity index (χ0) is 17.2. The van der Waals surface area contributed by atoms with Gasteiger partial charge in [-0.15, -0.1) is 0 Å². The average molecular weight is 320 g/mol. The van der Waals surface area contributed by atoms with Gasteiger partial charge in [0.2, 0.25) is 0 Å². The lowest BCUT2D eigenvalue weighted by molar-refractivity contribution is -0.149. The lowest BCUT2D eigenvalue weighted by Crippen LogP contribution is -2.24. The molecule has 23 heavy (non-hydrogen) atoms. The summed E-state index contributed by atoms with van der Waals surface area (Å²) < 4.78 is 10.6. The van der Waals surface area contributed by atoms with Gasteiger partial charge in [0.1, 0.15) is 5.92 Å². The third kappa shape index (κ3) is 6.43. The molecule has 4 nitrogen and oxygen atoms in total. The van der Waals surface area contributed by atoms with Gasteiger partial charge in [0, 0.05) is 0 Å². The number of ether oxygens (including phenoxy) is 2. The summed E-state index contributed by atoms with van der Waals surface area (Å²) in [6, 6.07) is 0. The molecule has 128 valence electrons. The number of rotatable bonds is 8. The van der Waals surface area contributed by atoms with Gasteiger partial charge in [-0.1, -0.05) is 50.0 Å². The molecule has 1 unspecified atom stereocenters. The van der Waals surface area contributed by atoms with E-state index < -0.39 is 11.9 Å². The summed E-state index contributed by atoms with van der Waals surface area (Å²) in [7, 11) is 0. The van der Waals surface area contributed by atoms with Crippen molar-refractivity contribution in [3.8, 4) is 0 Å². The summed E-state index contributed by atoms with van der Waals surface area (Å²) in [5.74, 6) is -1.52. The second-order valence-corrected chi connectivity index (χ2v) is 5.89. The monoisotopic (exact) mass is 320 g/mol. The molecule has 0 radical (unpaired) electrons. The molecule has 0 bridgehead atoms. The Balaban J connectivity index is 2.92. The van der Waals surface area contributed by atoms with Crippen molar-refractivity contribution in [3.63, 3.8) is 0 Å². The zero-order valence-electron chi connectivity index (χ0n) is 14.7. The zero-order valence-corrected chi connectivity index (χ0v) is 14.7. The van der Waals surface area contributed by atoms with Crippen LogP contribution in [0, 0.1) is 5.92 Å². The van der Waals surface area contributed by atoms with Crippen LogP contribution in [0.25, 0.3) is 0 Å². The number of carbonyl (C=O) groups is 2. The first-order valence-electron chi connectivity index (χ1n) is 8.41. The fourth-order valence-electron chi connectivity index (χ4n) is 2.32. The fraction of sp³-hybridized carbons (Fsp3) is 0.579. The topological polar surface area (TPSA) is 52.6 Å². The highest BCUT2D eigenvalue weighted by Crippen LogP contribution is 2.25. The van der Waals surface area contributed by atoms with Crippen LogP contribution in [0.2, 0.25) is 0 Å². The van der Waals surface area contributed by atoms with Crippen molar-refractivity contribution in [1.82, 2.24) is 0 Å². The molecule has 0 saturated heterocycles.